The third-order valence-corrected chi connectivity index (χ3v) is 8.11. The van der Waals surface area contributed by atoms with E-state index in [2.05, 4.69) is 114 Å². The molecule has 39 heavy (non-hydrogen) atoms. The van der Waals surface area contributed by atoms with E-state index >= 15 is 0 Å². The lowest BCUT2D eigenvalue weighted by Crippen LogP contribution is -2.00. The first kappa shape index (κ1) is 27.2. The lowest BCUT2D eigenvalue weighted by molar-refractivity contribution is 0.513. The maximum Gasteiger partial charge on any atom is 0.275 e. The molecule has 0 fully saturated rings. The molecular weight excluding hydrogens is 518 g/mol. The molecule has 0 N–H and O–H groups in total. The summed E-state index contributed by atoms with van der Waals surface area (Å²) in [6.45, 7) is 12.6. The summed E-state index contributed by atoms with van der Waals surface area (Å²) in [7, 11) is 0.0221. The summed E-state index contributed by atoms with van der Waals surface area (Å²) >= 11 is 0. The van der Waals surface area contributed by atoms with Gasteiger partial charge in [0.25, 0.3) is 9.03 Å². The zero-order chi connectivity index (χ0) is 27.5. The van der Waals surface area contributed by atoms with E-state index in [1.54, 1.807) is 0 Å². The van der Waals surface area contributed by atoms with Crippen molar-refractivity contribution in [2.45, 2.75) is 41.5 Å². The van der Waals surface area contributed by atoms with Crippen LogP contribution < -0.4 is 18.9 Å². The normalized spacial score (nSPS) is 11.6. The van der Waals surface area contributed by atoms with Gasteiger partial charge in [-0.05, 0) is 116 Å². The molecule has 5 aromatic rings. The average Bonchev–Trinajstić information content (AvgIpc) is 2.88. The molecule has 0 radical (unpaired) electrons. The van der Waals surface area contributed by atoms with Crippen LogP contribution in [0.3, 0.4) is 0 Å². The van der Waals surface area contributed by atoms with Gasteiger partial charge in [-0.3, -0.25) is 0 Å². The highest BCUT2D eigenvalue weighted by atomic mass is 31.1. The van der Waals surface area contributed by atoms with Crippen LogP contribution in [0.2, 0.25) is 0 Å². The minimum atomic E-state index is -0.165. The van der Waals surface area contributed by atoms with Gasteiger partial charge in [-0.2, -0.15) is 0 Å². The van der Waals surface area contributed by atoms with Crippen molar-refractivity contribution in [3.8, 4) is 28.4 Å². The zero-order valence-corrected chi connectivity index (χ0v) is 25.3. The van der Waals surface area contributed by atoms with Crippen molar-refractivity contribution in [3.63, 3.8) is 0 Å². The fourth-order valence-corrected chi connectivity index (χ4v) is 6.51. The van der Waals surface area contributed by atoms with Gasteiger partial charge in [0, 0.05) is 16.4 Å². The van der Waals surface area contributed by atoms with Gasteiger partial charge in [0.2, 0.25) is 0 Å². The molecule has 5 aromatic carbocycles. The van der Waals surface area contributed by atoms with Crippen LogP contribution in [-0.2, 0) is 0 Å². The molecule has 5 heteroatoms. The molecule has 0 saturated carbocycles. The van der Waals surface area contributed by atoms with Gasteiger partial charge in [0.15, 0.2) is 0 Å². The smallest absolute Gasteiger partial charge is 0.275 e. The number of benzene rings is 5. The maximum absolute atomic E-state index is 6.59. The Morgan fingerprint density at radius 1 is 0.487 bits per heavy atom. The van der Waals surface area contributed by atoms with Gasteiger partial charge in [-0.25, -0.2) is 0 Å². The lowest BCUT2D eigenvalue weighted by atomic mass is 9.95. The number of aryl methyl sites for hydroxylation is 6. The predicted octanol–water partition coefficient (Wildman–Crippen LogP) is 9.62. The highest BCUT2D eigenvalue weighted by Gasteiger charge is 2.18. The third-order valence-electron chi connectivity index (χ3n) is 6.65. The first-order valence-corrected chi connectivity index (χ1v) is 14.8. The molecule has 2 atom stereocenters. The monoisotopic (exact) mass is 552 g/mol. The fourth-order valence-electron chi connectivity index (χ4n) is 5.04. The van der Waals surface area contributed by atoms with E-state index in [0.29, 0.717) is 0 Å². The van der Waals surface area contributed by atoms with Crippen LogP contribution in [0.1, 0.15) is 33.4 Å². The minimum absolute atomic E-state index is 0.165. The predicted molar refractivity (Wildman–Crippen MR) is 169 cm³/mol. The van der Waals surface area contributed by atoms with Crippen molar-refractivity contribution in [3.05, 3.63) is 118 Å². The maximum atomic E-state index is 6.59. The molecule has 0 saturated heterocycles. The summed E-state index contributed by atoms with van der Waals surface area (Å²) in [5.74, 6) is 2.54. The van der Waals surface area contributed by atoms with Crippen molar-refractivity contribution in [2.24, 2.45) is 0 Å². The topological polar surface area (TPSA) is 27.7 Å². The molecule has 0 aromatic heterocycles. The molecule has 5 rings (SSSR count). The van der Waals surface area contributed by atoms with Crippen molar-refractivity contribution < 1.29 is 13.6 Å². The van der Waals surface area contributed by atoms with Gasteiger partial charge in [-0.15, -0.1) is 0 Å². The van der Waals surface area contributed by atoms with E-state index in [0.717, 1.165) is 39.5 Å². The molecule has 0 aliphatic heterocycles. The summed E-state index contributed by atoms with van der Waals surface area (Å²) in [4.78, 5) is 0. The summed E-state index contributed by atoms with van der Waals surface area (Å²) in [5.41, 5.74) is 8.95. The molecule has 0 bridgehead atoms. The number of rotatable bonds is 8. The summed E-state index contributed by atoms with van der Waals surface area (Å²) in [6.07, 6.45) is 0. The standard InChI is InChI=1S/C34H34O3P2/c1-21-13-22(2)17-29(16-21)35-39-37-34-26(6)15-24(4)19-32(34)31-18-23(3)14-25(5)33(31)36-38-30-12-11-27-9-7-8-10-28(27)20-30/h7-20,38-39H,1-6H3. The SMILES string of the molecule is Cc1cc(C)cc(OPOc2c(C)cc(C)cc2-c2cc(C)cc(C)c2OPc2ccc3ccccc3c2)c1. The van der Waals surface area contributed by atoms with Gasteiger partial charge in [-0.1, -0.05) is 54.6 Å². The van der Waals surface area contributed by atoms with Crippen LogP contribution in [0.5, 0.6) is 17.2 Å². The van der Waals surface area contributed by atoms with E-state index < -0.39 is 0 Å². The highest BCUT2D eigenvalue weighted by Crippen LogP contribution is 2.45. The second kappa shape index (κ2) is 11.8. The summed E-state index contributed by atoms with van der Waals surface area (Å²) < 4.78 is 19.0. The molecule has 0 spiro atoms. The molecule has 0 aliphatic rings. The van der Waals surface area contributed by atoms with Crippen LogP contribution in [0.25, 0.3) is 21.9 Å². The van der Waals surface area contributed by atoms with Gasteiger partial charge >= 0.3 is 0 Å². The van der Waals surface area contributed by atoms with E-state index in [4.69, 9.17) is 13.6 Å². The Balaban J connectivity index is 1.46. The van der Waals surface area contributed by atoms with E-state index in [-0.39, 0.29) is 17.8 Å². The second-order valence-electron chi connectivity index (χ2n) is 10.3. The molecule has 198 valence electrons. The Morgan fingerprint density at radius 3 is 1.69 bits per heavy atom. The lowest BCUT2D eigenvalue weighted by Gasteiger charge is -2.20. The quantitative estimate of drug-likeness (QED) is 0.179. The Hall–Kier alpha value is -3.38. The number of hydrogen-bond donors (Lipinski definition) is 0. The second-order valence-corrected chi connectivity index (χ2v) is 11.9. The number of hydrogen-bond acceptors (Lipinski definition) is 3. The molecular formula is C34H34O3P2. The van der Waals surface area contributed by atoms with Gasteiger partial charge in [0.05, 0.1) is 0 Å². The van der Waals surface area contributed by atoms with Crippen LogP contribution in [0, 0.1) is 41.5 Å². The molecule has 0 amide bonds. The molecule has 2 unspecified atom stereocenters. The van der Waals surface area contributed by atoms with Crippen molar-refractivity contribution in [1.29, 1.82) is 0 Å². The first-order valence-electron chi connectivity index (χ1n) is 13.1. The zero-order valence-electron chi connectivity index (χ0n) is 23.3. The molecule has 0 aliphatic carbocycles. The summed E-state index contributed by atoms with van der Waals surface area (Å²) in [6, 6.07) is 29.9. The van der Waals surface area contributed by atoms with Gasteiger partial charge < -0.3 is 13.6 Å². The Kier molecular flexibility index (Phi) is 8.22. The Labute approximate surface area is 235 Å². The first-order chi connectivity index (χ1) is 18.8. The van der Waals surface area contributed by atoms with Crippen molar-refractivity contribution >= 4 is 33.9 Å². The van der Waals surface area contributed by atoms with Crippen LogP contribution >= 0.6 is 17.8 Å². The Bertz CT molecular complexity index is 1640. The van der Waals surface area contributed by atoms with Gasteiger partial charge in [0.1, 0.15) is 26.1 Å². The number of fused-ring (bicyclic) bond motifs is 1. The Morgan fingerprint density at radius 2 is 1.05 bits per heavy atom. The van der Waals surface area contributed by atoms with E-state index in [1.165, 1.54) is 38.3 Å². The summed E-state index contributed by atoms with van der Waals surface area (Å²) in [5, 5.41) is 3.63. The largest absolute Gasteiger partial charge is 0.472 e. The van der Waals surface area contributed by atoms with E-state index in [1.807, 2.05) is 12.1 Å². The fraction of sp³-hybridized carbons (Fsp3) is 0.176. The third kappa shape index (κ3) is 6.44. The minimum Gasteiger partial charge on any atom is -0.472 e. The van der Waals surface area contributed by atoms with Crippen LogP contribution in [0.15, 0.2) is 84.9 Å². The van der Waals surface area contributed by atoms with Crippen molar-refractivity contribution in [2.75, 3.05) is 0 Å². The van der Waals surface area contributed by atoms with Crippen LogP contribution in [0.4, 0.5) is 0 Å². The highest BCUT2D eigenvalue weighted by molar-refractivity contribution is 7.42. The average molecular weight is 553 g/mol. The molecule has 3 nitrogen and oxygen atoms in total. The van der Waals surface area contributed by atoms with E-state index in [9.17, 15) is 0 Å². The van der Waals surface area contributed by atoms with Crippen molar-refractivity contribution in [1.82, 2.24) is 0 Å². The van der Waals surface area contributed by atoms with Crippen LogP contribution in [-0.4, -0.2) is 0 Å². The molecule has 0 heterocycles.